The maximum Gasteiger partial charge on any atom is 0.337 e. The Morgan fingerprint density at radius 3 is 2.64 bits per heavy atom. The summed E-state index contributed by atoms with van der Waals surface area (Å²) < 4.78 is 10.7. The van der Waals surface area contributed by atoms with Gasteiger partial charge < -0.3 is 25.8 Å². The van der Waals surface area contributed by atoms with Crippen LogP contribution in [-0.4, -0.2) is 35.8 Å². The molecule has 0 saturated carbocycles. The molecule has 4 N–H and O–H groups in total. The van der Waals surface area contributed by atoms with Crippen LogP contribution in [0.4, 0.5) is 0 Å². The summed E-state index contributed by atoms with van der Waals surface area (Å²) in [5, 5.41) is 9.81. The normalized spacial score (nSPS) is 20.8. The van der Waals surface area contributed by atoms with Gasteiger partial charge in [0.05, 0.1) is 12.2 Å². The van der Waals surface area contributed by atoms with Gasteiger partial charge in [0.25, 0.3) is 0 Å². The molecule has 0 bridgehead atoms. The molecule has 2 heterocycles. The third kappa shape index (κ3) is 2.42. The highest BCUT2D eigenvalue weighted by Crippen LogP contribution is 2.53. The van der Waals surface area contributed by atoms with Crippen molar-refractivity contribution in [2.24, 2.45) is 11.5 Å². The van der Waals surface area contributed by atoms with Gasteiger partial charge >= 0.3 is 5.97 Å². The number of carbonyl (C=O) groups excluding carboxylic acids is 3. The number of ether oxygens (including phenoxy) is 2. The van der Waals surface area contributed by atoms with Gasteiger partial charge in [0, 0.05) is 11.3 Å². The van der Waals surface area contributed by atoms with Gasteiger partial charge in [-0.25, -0.2) is 4.79 Å². The molecule has 1 aromatic rings. The van der Waals surface area contributed by atoms with E-state index in [1.54, 1.807) is 31.2 Å². The molecule has 9 heteroatoms. The van der Waals surface area contributed by atoms with Gasteiger partial charge in [-0.2, -0.15) is 5.26 Å². The Labute approximate surface area is 160 Å². The number of rotatable bonds is 4. The van der Waals surface area contributed by atoms with Crippen LogP contribution in [0.5, 0.6) is 5.75 Å². The molecule has 9 nitrogen and oxygen atoms in total. The zero-order valence-electron chi connectivity index (χ0n) is 15.3. The fourth-order valence-electron chi connectivity index (χ4n) is 3.69. The molecule has 1 aromatic carbocycles. The lowest BCUT2D eigenvalue weighted by Gasteiger charge is -2.35. The first-order valence-electron chi connectivity index (χ1n) is 8.47. The number of benzene rings is 1. The van der Waals surface area contributed by atoms with Crippen LogP contribution < -0.4 is 16.2 Å². The number of nitrogens with two attached hydrogens (primary N) is 2. The molecule has 28 heavy (non-hydrogen) atoms. The Bertz CT molecular complexity index is 1000. The van der Waals surface area contributed by atoms with Crippen LogP contribution in [0.1, 0.15) is 19.4 Å². The molecule has 0 saturated heterocycles. The van der Waals surface area contributed by atoms with Crippen molar-refractivity contribution in [3.8, 4) is 11.8 Å². The van der Waals surface area contributed by atoms with E-state index in [2.05, 4.69) is 0 Å². The maximum absolute atomic E-state index is 13.6. The molecular weight excluding hydrogens is 364 g/mol. The van der Waals surface area contributed by atoms with Crippen molar-refractivity contribution in [3.05, 3.63) is 52.6 Å². The number of carbonyl (C=O) groups is 3. The monoisotopic (exact) mass is 382 g/mol. The van der Waals surface area contributed by atoms with E-state index in [9.17, 15) is 19.6 Å². The molecule has 1 spiro atoms. The van der Waals surface area contributed by atoms with Gasteiger partial charge in [0.2, 0.25) is 17.7 Å². The van der Waals surface area contributed by atoms with Crippen molar-refractivity contribution >= 4 is 17.8 Å². The topological polar surface area (TPSA) is 149 Å². The van der Waals surface area contributed by atoms with E-state index in [-0.39, 0.29) is 40.6 Å². The highest BCUT2D eigenvalue weighted by Gasteiger charge is 2.62. The molecular formula is C19H18N4O5. The van der Waals surface area contributed by atoms with Gasteiger partial charge in [0.15, 0.2) is 5.41 Å². The minimum atomic E-state index is -1.88. The van der Waals surface area contributed by atoms with Crippen LogP contribution in [0.25, 0.3) is 0 Å². The van der Waals surface area contributed by atoms with Gasteiger partial charge in [-0.3, -0.25) is 9.59 Å². The molecule has 1 unspecified atom stereocenters. The first kappa shape index (κ1) is 19.0. The zero-order chi connectivity index (χ0) is 20.6. The Hall–Kier alpha value is -3.80. The Kier molecular flexibility index (Phi) is 4.56. The van der Waals surface area contributed by atoms with E-state index in [0.29, 0.717) is 0 Å². The Morgan fingerprint density at radius 2 is 2.04 bits per heavy atom. The van der Waals surface area contributed by atoms with E-state index in [0.717, 1.165) is 4.90 Å². The summed E-state index contributed by atoms with van der Waals surface area (Å²) in [6.45, 7) is 2.70. The van der Waals surface area contributed by atoms with Gasteiger partial charge in [-0.05, 0) is 19.9 Å². The number of para-hydroxylation sites is 1. The number of nitriles is 1. The number of allylic oxidation sites excluding steroid dienone is 1. The fraction of sp³-hybridized carbons (Fsp3) is 0.263. The van der Waals surface area contributed by atoms with E-state index >= 15 is 0 Å². The molecule has 0 aromatic heterocycles. The van der Waals surface area contributed by atoms with E-state index in [4.69, 9.17) is 20.9 Å². The zero-order valence-corrected chi connectivity index (χ0v) is 15.3. The van der Waals surface area contributed by atoms with Gasteiger partial charge in [0.1, 0.15) is 23.9 Å². The van der Waals surface area contributed by atoms with Crippen molar-refractivity contribution in [2.45, 2.75) is 19.3 Å². The summed E-state index contributed by atoms with van der Waals surface area (Å²) in [5.74, 6) is -2.34. The molecule has 3 rings (SSSR count). The molecule has 2 amide bonds. The largest absolute Gasteiger partial charge is 0.463 e. The number of fused-ring (bicyclic) bond motifs is 2. The standard InChI is InChI=1S/C19H18N4O5/c1-3-27-17(25)15-10(2)23(9-14(21)24)18(26)19(15)11-6-4-5-7-13(11)28-16(22)12(19)8-20/h4-7H,3,9,22H2,1-2H3,(H2,21,24). The Morgan fingerprint density at radius 1 is 1.36 bits per heavy atom. The van der Waals surface area contributed by atoms with Crippen molar-refractivity contribution < 1.29 is 23.9 Å². The summed E-state index contributed by atoms with van der Waals surface area (Å²) in [7, 11) is 0. The summed E-state index contributed by atoms with van der Waals surface area (Å²) >= 11 is 0. The lowest BCUT2D eigenvalue weighted by molar-refractivity contribution is -0.141. The van der Waals surface area contributed by atoms with E-state index < -0.39 is 29.7 Å². The predicted molar refractivity (Wildman–Crippen MR) is 95.8 cm³/mol. The molecule has 2 aliphatic heterocycles. The van der Waals surface area contributed by atoms with Gasteiger partial charge in [-0.15, -0.1) is 0 Å². The van der Waals surface area contributed by atoms with Gasteiger partial charge in [-0.1, -0.05) is 18.2 Å². The number of primary amides is 1. The average Bonchev–Trinajstić information content (AvgIpc) is 2.84. The van der Waals surface area contributed by atoms with E-state index in [1.165, 1.54) is 6.92 Å². The predicted octanol–water partition coefficient (Wildman–Crippen LogP) is 0.175. The number of esters is 1. The molecule has 0 fully saturated rings. The highest BCUT2D eigenvalue weighted by atomic mass is 16.5. The Balaban J connectivity index is 2.41. The van der Waals surface area contributed by atoms with Crippen LogP contribution in [0.2, 0.25) is 0 Å². The third-order valence-electron chi connectivity index (χ3n) is 4.75. The van der Waals surface area contributed by atoms with Crippen molar-refractivity contribution in [1.82, 2.24) is 4.90 Å². The van der Waals surface area contributed by atoms with Crippen molar-refractivity contribution in [2.75, 3.05) is 13.2 Å². The first-order valence-corrected chi connectivity index (χ1v) is 8.47. The fourth-order valence-corrected chi connectivity index (χ4v) is 3.69. The second-order valence-electron chi connectivity index (χ2n) is 6.24. The van der Waals surface area contributed by atoms with Crippen LogP contribution in [0.3, 0.4) is 0 Å². The number of amides is 2. The quantitative estimate of drug-likeness (QED) is 0.705. The SMILES string of the molecule is CCOC(=O)C1=C(C)N(CC(N)=O)C(=O)C12C(C#N)=C(N)Oc1ccccc12. The third-order valence-corrected chi connectivity index (χ3v) is 4.75. The van der Waals surface area contributed by atoms with Crippen molar-refractivity contribution in [3.63, 3.8) is 0 Å². The number of nitrogens with zero attached hydrogens (tertiary/aromatic N) is 2. The summed E-state index contributed by atoms with van der Waals surface area (Å²) in [4.78, 5) is 39.1. The average molecular weight is 382 g/mol. The smallest absolute Gasteiger partial charge is 0.337 e. The highest BCUT2D eigenvalue weighted by molar-refractivity contribution is 6.13. The maximum atomic E-state index is 13.6. The summed E-state index contributed by atoms with van der Waals surface area (Å²) in [6.07, 6.45) is 0. The summed E-state index contributed by atoms with van der Waals surface area (Å²) in [5.41, 5.74) is 9.46. The van der Waals surface area contributed by atoms with Crippen molar-refractivity contribution in [1.29, 1.82) is 5.26 Å². The molecule has 1 atom stereocenters. The minimum absolute atomic E-state index is 0.0505. The minimum Gasteiger partial charge on any atom is -0.463 e. The number of hydrogen-bond donors (Lipinski definition) is 2. The first-order chi connectivity index (χ1) is 13.3. The number of hydrogen-bond acceptors (Lipinski definition) is 7. The van der Waals surface area contributed by atoms with Crippen LogP contribution in [0, 0.1) is 11.3 Å². The lowest BCUT2D eigenvalue weighted by atomic mass is 9.68. The molecule has 0 aliphatic carbocycles. The van der Waals surface area contributed by atoms with E-state index in [1.807, 2.05) is 6.07 Å². The molecule has 2 aliphatic rings. The second-order valence-corrected chi connectivity index (χ2v) is 6.24. The van der Waals surface area contributed by atoms with Crippen LogP contribution in [-0.2, 0) is 24.5 Å². The lowest BCUT2D eigenvalue weighted by Crippen LogP contribution is -2.48. The van der Waals surface area contributed by atoms with Crippen LogP contribution >= 0.6 is 0 Å². The second kappa shape index (κ2) is 6.74. The molecule has 0 radical (unpaired) electrons. The summed E-state index contributed by atoms with van der Waals surface area (Å²) in [6, 6.07) is 8.35. The molecule has 144 valence electrons. The van der Waals surface area contributed by atoms with Crippen LogP contribution in [0.15, 0.2) is 47.0 Å².